The van der Waals surface area contributed by atoms with Crippen molar-refractivity contribution in [2.45, 2.75) is 19.6 Å². The molecule has 1 N–H and O–H groups in total. The molecule has 2 rings (SSSR count). The van der Waals surface area contributed by atoms with E-state index < -0.39 is 0 Å². The van der Waals surface area contributed by atoms with Crippen molar-refractivity contribution >= 4 is 29.3 Å². The largest absolute Gasteiger partial charge is 0.490 e. The Hall–Kier alpha value is -1.92. The topological polar surface area (TPSA) is 47.6 Å². The molecule has 0 radical (unpaired) electrons. The number of thioether (sulfide) groups is 1. The molecule has 0 atom stereocenters. The van der Waals surface area contributed by atoms with Gasteiger partial charge in [-0.2, -0.15) is 11.8 Å². The maximum atomic E-state index is 13.7. The summed E-state index contributed by atoms with van der Waals surface area (Å²) in [6, 6.07) is 9.76. The van der Waals surface area contributed by atoms with Crippen molar-refractivity contribution in [2.24, 2.45) is 0 Å². The molecule has 146 valence electrons. The Kier molecular flexibility index (Phi) is 8.75. The lowest BCUT2D eigenvalue weighted by atomic mass is 10.2. The van der Waals surface area contributed by atoms with Crippen LogP contribution in [0.5, 0.6) is 11.5 Å². The quantitative estimate of drug-likeness (QED) is 0.562. The van der Waals surface area contributed by atoms with Crippen LogP contribution in [-0.4, -0.2) is 31.4 Å². The van der Waals surface area contributed by atoms with Crippen LogP contribution < -0.4 is 14.8 Å². The van der Waals surface area contributed by atoms with Crippen molar-refractivity contribution in [3.63, 3.8) is 0 Å². The van der Waals surface area contributed by atoms with Gasteiger partial charge in [0.25, 0.3) is 5.91 Å². The summed E-state index contributed by atoms with van der Waals surface area (Å²) in [7, 11) is 0. The van der Waals surface area contributed by atoms with Gasteiger partial charge in [0.2, 0.25) is 0 Å². The fourth-order valence-electron chi connectivity index (χ4n) is 2.38. The molecule has 0 saturated heterocycles. The highest BCUT2D eigenvalue weighted by atomic mass is 35.5. The monoisotopic (exact) mass is 411 g/mol. The lowest BCUT2D eigenvalue weighted by Crippen LogP contribution is -2.25. The Bertz CT molecular complexity index is 753. The number of carbonyl (C=O) groups is 1. The van der Waals surface area contributed by atoms with E-state index in [-0.39, 0.29) is 11.7 Å². The summed E-state index contributed by atoms with van der Waals surface area (Å²) < 4.78 is 24.7. The van der Waals surface area contributed by atoms with Gasteiger partial charge in [0.15, 0.2) is 11.5 Å². The lowest BCUT2D eigenvalue weighted by molar-refractivity contribution is 0.0955. The fraction of sp³-hybridized carbons (Fsp3) is 0.350. The number of hydrogen-bond acceptors (Lipinski definition) is 4. The molecule has 0 saturated carbocycles. The zero-order valence-corrected chi connectivity index (χ0v) is 17.0. The minimum absolute atomic E-state index is 0.191. The molecule has 0 bridgehead atoms. The molecule has 0 unspecified atom stereocenters. The fourth-order valence-corrected chi connectivity index (χ4v) is 3.57. The summed E-state index contributed by atoms with van der Waals surface area (Å²) in [4.78, 5) is 12.3. The third-order valence-corrected chi connectivity index (χ3v) is 4.99. The van der Waals surface area contributed by atoms with Crippen LogP contribution in [0.3, 0.4) is 0 Å². The van der Waals surface area contributed by atoms with Gasteiger partial charge in [-0.1, -0.05) is 17.7 Å². The second-order valence-electron chi connectivity index (χ2n) is 5.54. The molecule has 0 aliphatic heterocycles. The first-order chi connectivity index (χ1) is 13.1. The zero-order chi connectivity index (χ0) is 19.6. The van der Waals surface area contributed by atoms with Crippen LogP contribution in [0.2, 0.25) is 5.02 Å². The van der Waals surface area contributed by atoms with Gasteiger partial charge in [-0.25, -0.2) is 4.39 Å². The van der Waals surface area contributed by atoms with E-state index in [9.17, 15) is 9.18 Å². The Labute approximate surface area is 168 Å². The Morgan fingerprint density at radius 1 is 1.15 bits per heavy atom. The maximum Gasteiger partial charge on any atom is 0.251 e. The molecule has 0 spiro atoms. The van der Waals surface area contributed by atoms with Crippen molar-refractivity contribution in [3.8, 4) is 11.5 Å². The highest BCUT2D eigenvalue weighted by molar-refractivity contribution is 7.98. The van der Waals surface area contributed by atoms with Crippen molar-refractivity contribution in [1.82, 2.24) is 5.32 Å². The standard InChI is InChI=1S/C20H23ClFNO3S/c1-3-25-18-9-8-14(12-19(18)26-4-2)20(24)23-10-11-27-13-15-16(21)6-5-7-17(15)22/h5-9,12H,3-4,10-11,13H2,1-2H3,(H,23,24). The van der Waals surface area contributed by atoms with Crippen LogP contribution in [0, 0.1) is 5.82 Å². The van der Waals surface area contributed by atoms with E-state index in [2.05, 4.69) is 5.32 Å². The molecule has 1 amide bonds. The van der Waals surface area contributed by atoms with Crippen molar-refractivity contribution in [2.75, 3.05) is 25.5 Å². The average molecular weight is 412 g/mol. The number of nitrogens with one attached hydrogen (secondary N) is 1. The van der Waals surface area contributed by atoms with Crippen LogP contribution in [0.1, 0.15) is 29.8 Å². The van der Waals surface area contributed by atoms with Crippen LogP contribution in [0.25, 0.3) is 0 Å². The molecule has 0 aliphatic rings. The van der Waals surface area contributed by atoms with Crippen LogP contribution >= 0.6 is 23.4 Å². The highest BCUT2D eigenvalue weighted by Crippen LogP contribution is 2.28. The number of amides is 1. The van der Waals surface area contributed by atoms with Crippen LogP contribution in [0.4, 0.5) is 4.39 Å². The molecule has 4 nitrogen and oxygen atoms in total. The van der Waals surface area contributed by atoms with Crippen molar-refractivity contribution < 1.29 is 18.7 Å². The Morgan fingerprint density at radius 2 is 1.89 bits per heavy atom. The van der Waals surface area contributed by atoms with Gasteiger partial charge >= 0.3 is 0 Å². The van der Waals surface area contributed by atoms with E-state index >= 15 is 0 Å². The van der Waals surface area contributed by atoms with E-state index in [1.165, 1.54) is 17.8 Å². The van der Waals surface area contributed by atoms with Gasteiger partial charge in [0.1, 0.15) is 5.82 Å². The molecule has 0 aliphatic carbocycles. The molecular weight excluding hydrogens is 389 g/mol. The first-order valence-corrected chi connectivity index (χ1v) is 10.3. The number of rotatable bonds is 10. The first-order valence-electron chi connectivity index (χ1n) is 8.75. The molecule has 7 heteroatoms. The predicted molar refractivity (Wildman–Crippen MR) is 109 cm³/mol. The summed E-state index contributed by atoms with van der Waals surface area (Å²) in [5, 5.41) is 3.27. The third kappa shape index (κ3) is 6.33. The summed E-state index contributed by atoms with van der Waals surface area (Å²) in [6.07, 6.45) is 0. The summed E-state index contributed by atoms with van der Waals surface area (Å²) in [6.45, 7) is 5.24. The summed E-state index contributed by atoms with van der Waals surface area (Å²) in [5.74, 6) is 1.77. The van der Waals surface area contributed by atoms with Gasteiger partial charge in [-0.15, -0.1) is 0 Å². The van der Waals surface area contributed by atoms with Gasteiger partial charge in [-0.05, 0) is 44.2 Å². The minimum atomic E-state index is -0.308. The smallest absolute Gasteiger partial charge is 0.251 e. The predicted octanol–water partition coefficient (Wildman–Crippen LogP) is 4.94. The minimum Gasteiger partial charge on any atom is -0.490 e. The van der Waals surface area contributed by atoms with E-state index in [1.807, 2.05) is 13.8 Å². The Balaban J connectivity index is 1.84. The molecule has 27 heavy (non-hydrogen) atoms. The highest BCUT2D eigenvalue weighted by Gasteiger charge is 2.11. The van der Waals surface area contributed by atoms with E-state index in [4.69, 9.17) is 21.1 Å². The third-order valence-electron chi connectivity index (χ3n) is 3.65. The van der Waals surface area contributed by atoms with Gasteiger partial charge in [-0.3, -0.25) is 4.79 Å². The average Bonchev–Trinajstić information content (AvgIpc) is 2.65. The normalized spacial score (nSPS) is 10.5. The van der Waals surface area contributed by atoms with E-state index in [0.717, 1.165) is 0 Å². The van der Waals surface area contributed by atoms with Crippen LogP contribution in [-0.2, 0) is 5.75 Å². The number of ether oxygens (including phenoxy) is 2. The van der Waals surface area contributed by atoms with E-state index in [0.29, 0.717) is 58.9 Å². The number of carbonyl (C=O) groups excluding carboxylic acids is 1. The van der Waals surface area contributed by atoms with Gasteiger partial charge < -0.3 is 14.8 Å². The van der Waals surface area contributed by atoms with E-state index in [1.54, 1.807) is 30.3 Å². The second-order valence-corrected chi connectivity index (χ2v) is 7.05. The number of benzene rings is 2. The Morgan fingerprint density at radius 3 is 2.59 bits per heavy atom. The maximum absolute atomic E-state index is 13.7. The van der Waals surface area contributed by atoms with Crippen molar-refractivity contribution in [1.29, 1.82) is 0 Å². The lowest BCUT2D eigenvalue weighted by Gasteiger charge is -2.12. The molecular formula is C20H23ClFNO3S. The molecule has 2 aromatic rings. The van der Waals surface area contributed by atoms with Gasteiger partial charge in [0.05, 0.1) is 13.2 Å². The number of halogens is 2. The first kappa shape index (κ1) is 21.4. The molecule has 0 heterocycles. The summed E-state index contributed by atoms with van der Waals surface area (Å²) >= 11 is 7.51. The number of hydrogen-bond donors (Lipinski definition) is 1. The molecule has 0 aromatic heterocycles. The van der Waals surface area contributed by atoms with Gasteiger partial charge in [0, 0.05) is 34.2 Å². The second kappa shape index (κ2) is 11.0. The summed E-state index contributed by atoms with van der Waals surface area (Å²) in [5.41, 5.74) is 0.993. The molecule has 0 fully saturated rings. The zero-order valence-electron chi connectivity index (χ0n) is 15.4. The van der Waals surface area contributed by atoms with Crippen LogP contribution in [0.15, 0.2) is 36.4 Å². The SMILES string of the molecule is CCOc1ccc(C(=O)NCCSCc2c(F)cccc2Cl)cc1OCC. The molecule has 2 aromatic carbocycles. The van der Waals surface area contributed by atoms with Crippen molar-refractivity contribution in [3.05, 3.63) is 58.4 Å².